The first-order valence-electron chi connectivity index (χ1n) is 24.4. The smallest absolute Gasteiger partial charge is 0.179 e. The van der Waals surface area contributed by atoms with Gasteiger partial charge < -0.3 is 9.13 Å². The average molecular weight is 907 g/mol. The molecule has 328 valence electrons. The molecule has 1 aliphatic carbocycles. The minimum atomic E-state index is -2.66. The molecule has 0 N–H and O–H groups in total. The van der Waals surface area contributed by atoms with E-state index in [-0.39, 0.29) is 5.92 Å². The monoisotopic (exact) mass is 906 g/mol. The van der Waals surface area contributed by atoms with Gasteiger partial charge in [0.2, 0.25) is 0 Å². The third-order valence-corrected chi connectivity index (χ3v) is 20.0. The second kappa shape index (κ2) is 16.2. The van der Waals surface area contributed by atoms with Crippen LogP contribution in [0.1, 0.15) is 22.6 Å². The van der Waals surface area contributed by atoms with E-state index < -0.39 is 8.07 Å². The third-order valence-electron chi connectivity index (χ3n) is 15.2. The highest BCUT2D eigenvalue weighted by molar-refractivity contribution is 7.19. The molecular weight excluding hydrogens is 861 g/mol. The first-order valence-corrected chi connectivity index (χ1v) is 26.4. The SMILES string of the molecule is c1ccc(-c2ccc3c4ccccc4n(-c4cccc5c4c4ccccc4n5-c4ccc5c(c4)-c4ccccc4C5c4ccc([Si](c5ccccc5)(c5ccccc5)c5ccccc5)cc4)c3c2)cc1. The van der Waals surface area contributed by atoms with Gasteiger partial charge in [0.15, 0.2) is 8.07 Å². The molecule has 0 saturated carbocycles. The Morgan fingerprint density at radius 2 is 0.829 bits per heavy atom. The maximum absolute atomic E-state index is 2.66. The highest BCUT2D eigenvalue weighted by Crippen LogP contribution is 2.49. The zero-order valence-electron chi connectivity index (χ0n) is 38.5. The Labute approximate surface area is 408 Å². The summed E-state index contributed by atoms with van der Waals surface area (Å²) in [5.41, 5.74) is 16.1. The van der Waals surface area contributed by atoms with Gasteiger partial charge in [-0.25, -0.2) is 0 Å². The lowest BCUT2D eigenvalue weighted by Crippen LogP contribution is -2.74. The van der Waals surface area contributed by atoms with Crippen molar-refractivity contribution in [3.8, 4) is 33.6 Å². The summed E-state index contributed by atoms with van der Waals surface area (Å²) in [6, 6.07) is 102. The molecule has 0 aliphatic heterocycles. The van der Waals surface area contributed by atoms with Gasteiger partial charge in [-0.3, -0.25) is 0 Å². The molecule has 0 amide bonds. The number of hydrogen-bond acceptors (Lipinski definition) is 0. The van der Waals surface area contributed by atoms with Crippen molar-refractivity contribution in [1.29, 1.82) is 0 Å². The normalized spacial score (nSPS) is 13.3. The fourth-order valence-electron chi connectivity index (χ4n) is 12.2. The van der Waals surface area contributed by atoms with E-state index in [0.29, 0.717) is 0 Å². The third kappa shape index (κ3) is 6.05. The van der Waals surface area contributed by atoms with Gasteiger partial charge in [0.05, 0.1) is 27.8 Å². The summed E-state index contributed by atoms with van der Waals surface area (Å²) in [6.07, 6.45) is 0. The van der Waals surface area contributed by atoms with E-state index in [1.54, 1.807) is 0 Å². The van der Waals surface area contributed by atoms with E-state index in [4.69, 9.17) is 0 Å². The van der Waals surface area contributed by atoms with Crippen molar-refractivity contribution in [2.45, 2.75) is 5.92 Å². The Bertz CT molecular complexity index is 4000. The highest BCUT2D eigenvalue weighted by Gasteiger charge is 2.41. The Balaban J connectivity index is 0.924. The maximum Gasteiger partial charge on any atom is 0.179 e. The van der Waals surface area contributed by atoms with E-state index >= 15 is 0 Å². The molecule has 0 saturated heterocycles. The largest absolute Gasteiger partial charge is 0.309 e. The molecule has 0 radical (unpaired) electrons. The number of para-hydroxylation sites is 2. The molecule has 3 heteroatoms. The molecule has 1 atom stereocenters. The molecule has 1 unspecified atom stereocenters. The summed E-state index contributed by atoms with van der Waals surface area (Å²) >= 11 is 0. The topological polar surface area (TPSA) is 9.86 Å². The molecule has 2 heterocycles. The fraction of sp³-hybridized carbons (Fsp3) is 0.0149. The second-order valence-electron chi connectivity index (χ2n) is 18.7. The van der Waals surface area contributed by atoms with E-state index in [0.717, 1.165) is 5.69 Å². The zero-order valence-corrected chi connectivity index (χ0v) is 39.5. The summed E-state index contributed by atoms with van der Waals surface area (Å²) in [7, 11) is -2.66. The molecule has 14 rings (SSSR count). The average Bonchev–Trinajstić information content (AvgIpc) is 4.08. The zero-order chi connectivity index (χ0) is 46.2. The minimum Gasteiger partial charge on any atom is -0.309 e. The lowest BCUT2D eigenvalue weighted by Gasteiger charge is -2.34. The Morgan fingerprint density at radius 3 is 1.51 bits per heavy atom. The molecule has 0 fully saturated rings. The van der Waals surface area contributed by atoms with Crippen molar-refractivity contribution in [1.82, 2.24) is 9.13 Å². The van der Waals surface area contributed by atoms with Crippen molar-refractivity contribution in [3.63, 3.8) is 0 Å². The van der Waals surface area contributed by atoms with Crippen molar-refractivity contribution >= 4 is 72.4 Å². The first-order chi connectivity index (χ1) is 34.8. The van der Waals surface area contributed by atoms with Gasteiger partial charge in [-0.05, 0) is 102 Å². The van der Waals surface area contributed by atoms with Crippen molar-refractivity contribution in [2.75, 3.05) is 0 Å². The van der Waals surface area contributed by atoms with Crippen LogP contribution >= 0.6 is 0 Å². The van der Waals surface area contributed by atoms with Crippen LogP contribution in [0.2, 0.25) is 0 Å². The molecule has 11 aromatic carbocycles. The maximum atomic E-state index is 2.50. The lowest BCUT2D eigenvalue weighted by atomic mass is 9.89. The Morgan fingerprint density at radius 1 is 0.300 bits per heavy atom. The van der Waals surface area contributed by atoms with Gasteiger partial charge in [0.25, 0.3) is 0 Å². The molecule has 13 aromatic rings. The quantitative estimate of drug-likeness (QED) is 0.106. The summed E-state index contributed by atoms with van der Waals surface area (Å²) in [4.78, 5) is 0. The summed E-state index contributed by atoms with van der Waals surface area (Å²) in [5.74, 6) is 0.108. The molecule has 1 aliphatic rings. The minimum absolute atomic E-state index is 0.108. The van der Waals surface area contributed by atoms with Crippen LogP contribution in [0.5, 0.6) is 0 Å². The summed E-state index contributed by atoms with van der Waals surface area (Å²) < 4.78 is 4.99. The van der Waals surface area contributed by atoms with E-state index in [1.807, 2.05) is 0 Å². The summed E-state index contributed by atoms with van der Waals surface area (Å²) in [6.45, 7) is 0. The van der Waals surface area contributed by atoms with Crippen LogP contribution in [0, 0.1) is 0 Å². The molecule has 2 nitrogen and oxygen atoms in total. The second-order valence-corrected chi connectivity index (χ2v) is 22.5. The summed E-state index contributed by atoms with van der Waals surface area (Å²) in [5, 5.41) is 10.5. The predicted molar refractivity (Wildman–Crippen MR) is 297 cm³/mol. The number of fused-ring (bicyclic) bond motifs is 9. The van der Waals surface area contributed by atoms with E-state index in [2.05, 4.69) is 282 Å². The molecular formula is C67H46N2Si. The van der Waals surface area contributed by atoms with Crippen molar-refractivity contribution in [2.24, 2.45) is 0 Å². The number of aromatic nitrogens is 2. The van der Waals surface area contributed by atoms with Crippen LogP contribution in [0.25, 0.3) is 77.2 Å². The van der Waals surface area contributed by atoms with Crippen molar-refractivity contribution in [3.05, 3.63) is 290 Å². The molecule has 70 heavy (non-hydrogen) atoms. The van der Waals surface area contributed by atoms with Crippen LogP contribution in [0.15, 0.2) is 273 Å². The molecule has 0 bridgehead atoms. The fourth-order valence-corrected chi connectivity index (χ4v) is 16.9. The van der Waals surface area contributed by atoms with E-state index in [1.165, 1.54) is 109 Å². The number of nitrogens with zero attached hydrogens (tertiary/aromatic N) is 2. The molecule has 2 aromatic heterocycles. The number of rotatable bonds is 8. The van der Waals surface area contributed by atoms with Gasteiger partial charge in [-0.1, -0.05) is 231 Å². The van der Waals surface area contributed by atoms with Crippen LogP contribution in [-0.2, 0) is 0 Å². The van der Waals surface area contributed by atoms with Gasteiger partial charge >= 0.3 is 0 Å². The standard InChI is InChI=1S/C67H46N2Si/c1-5-20-46(21-6-1)48-38-42-56-55-29-15-17-32-61(55)69(65(56)44-48)64-35-19-34-63-67(64)59-31-16-18-33-62(59)68(63)49-39-43-58-60(45-49)54-28-13-14-30-57(54)66(58)47-36-40-53(41-37-47)70(50-22-7-2-8-23-50,51-24-9-3-10-25-51)52-26-11-4-12-27-52/h1-45,66H. The number of hydrogen-bond donors (Lipinski definition) is 0. The van der Waals surface area contributed by atoms with Crippen LogP contribution in [0.4, 0.5) is 0 Å². The van der Waals surface area contributed by atoms with Crippen LogP contribution < -0.4 is 20.7 Å². The van der Waals surface area contributed by atoms with Crippen LogP contribution in [0.3, 0.4) is 0 Å². The van der Waals surface area contributed by atoms with E-state index in [9.17, 15) is 0 Å². The highest BCUT2D eigenvalue weighted by atomic mass is 28.3. The van der Waals surface area contributed by atoms with Gasteiger partial charge in [-0.2, -0.15) is 0 Å². The Kier molecular flexibility index (Phi) is 9.33. The lowest BCUT2D eigenvalue weighted by molar-refractivity contribution is 1.01. The van der Waals surface area contributed by atoms with Gasteiger partial charge in [-0.15, -0.1) is 0 Å². The molecule has 0 spiro atoms. The first kappa shape index (κ1) is 40.3. The number of benzene rings is 11. The van der Waals surface area contributed by atoms with Gasteiger partial charge in [0.1, 0.15) is 0 Å². The Hall–Kier alpha value is -8.76. The van der Waals surface area contributed by atoms with Crippen molar-refractivity contribution < 1.29 is 0 Å². The van der Waals surface area contributed by atoms with Gasteiger partial charge in [0, 0.05) is 33.2 Å². The predicted octanol–water partition coefficient (Wildman–Crippen LogP) is 14.1. The van der Waals surface area contributed by atoms with Crippen LogP contribution in [-0.4, -0.2) is 17.2 Å².